The zero-order chi connectivity index (χ0) is 13.1. The molecule has 0 bridgehead atoms. The SMILES string of the molecule is CNC(C)c1cccnc1N1CC(C)SC(C)C1. The summed E-state index contributed by atoms with van der Waals surface area (Å²) >= 11 is 2.07. The van der Waals surface area contributed by atoms with Crippen LogP contribution in [0.1, 0.15) is 32.4 Å². The van der Waals surface area contributed by atoms with Gasteiger partial charge in [0.15, 0.2) is 0 Å². The van der Waals surface area contributed by atoms with Crippen molar-refractivity contribution in [3.63, 3.8) is 0 Å². The Bertz CT molecular complexity index is 386. The number of anilines is 1. The minimum Gasteiger partial charge on any atom is -0.354 e. The van der Waals surface area contributed by atoms with Crippen molar-refractivity contribution in [2.24, 2.45) is 0 Å². The summed E-state index contributed by atoms with van der Waals surface area (Å²) in [5, 5.41) is 4.66. The molecule has 0 radical (unpaired) electrons. The van der Waals surface area contributed by atoms with Crippen molar-refractivity contribution >= 4 is 17.6 Å². The minimum absolute atomic E-state index is 0.342. The fourth-order valence-electron chi connectivity index (χ4n) is 2.52. The summed E-state index contributed by atoms with van der Waals surface area (Å²) in [7, 11) is 2.00. The van der Waals surface area contributed by atoms with Gasteiger partial charge in [-0.2, -0.15) is 11.8 Å². The monoisotopic (exact) mass is 265 g/mol. The van der Waals surface area contributed by atoms with Crippen LogP contribution in [0.25, 0.3) is 0 Å². The lowest BCUT2D eigenvalue weighted by Crippen LogP contribution is -2.41. The molecular weight excluding hydrogens is 242 g/mol. The Labute approximate surface area is 114 Å². The van der Waals surface area contributed by atoms with Gasteiger partial charge < -0.3 is 10.2 Å². The minimum atomic E-state index is 0.342. The molecule has 1 aromatic rings. The molecule has 0 amide bonds. The molecule has 3 atom stereocenters. The Morgan fingerprint density at radius 3 is 2.67 bits per heavy atom. The Kier molecular flexibility index (Phi) is 4.51. The van der Waals surface area contributed by atoms with E-state index in [-0.39, 0.29) is 0 Å². The van der Waals surface area contributed by atoms with E-state index in [1.807, 2.05) is 19.3 Å². The summed E-state index contributed by atoms with van der Waals surface area (Å²) in [4.78, 5) is 7.06. The highest BCUT2D eigenvalue weighted by Crippen LogP contribution is 2.31. The van der Waals surface area contributed by atoms with E-state index in [9.17, 15) is 0 Å². The molecule has 0 aliphatic carbocycles. The summed E-state index contributed by atoms with van der Waals surface area (Å²) < 4.78 is 0. The number of rotatable bonds is 3. The van der Waals surface area contributed by atoms with Crippen molar-refractivity contribution in [1.82, 2.24) is 10.3 Å². The molecule has 2 rings (SSSR count). The van der Waals surface area contributed by atoms with Crippen LogP contribution in [0, 0.1) is 0 Å². The first-order valence-corrected chi connectivity index (χ1v) is 7.58. The Hall–Kier alpha value is -0.740. The first kappa shape index (κ1) is 13.7. The number of nitrogens with one attached hydrogen (secondary N) is 1. The second kappa shape index (κ2) is 5.93. The highest BCUT2D eigenvalue weighted by molar-refractivity contribution is 8.00. The van der Waals surface area contributed by atoms with Gasteiger partial charge in [-0.15, -0.1) is 0 Å². The number of pyridine rings is 1. The summed E-state index contributed by atoms with van der Waals surface area (Å²) in [6.45, 7) is 8.98. The van der Waals surface area contributed by atoms with Gasteiger partial charge in [0.25, 0.3) is 0 Å². The average Bonchev–Trinajstić information content (AvgIpc) is 2.36. The first-order chi connectivity index (χ1) is 8.61. The maximum atomic E-state index is 4.62. The van der Waals surface area contributed by atoms with Crippen LogP contribution in [0.4, 0.5) is 5.82 Å². The number of aromatic nitrogens is 1. The Morgan fingerprint density at radius 1 is 1.39 bits per heavy atom. The number of thioether (sulfide) groups is 1. The highest BCUT2D eigenvalue weighted by Gasteiger charge is 2.25. The number of nitrogens with zero attached hydrogens (tertiary/aromatic N) is 2. The van der Waals surface area contributed by atoms with Gasteiger partial charge >= 0.3 is 0 Å². The van der Waals surface area contributed by atoms with Gasteiger partial charge in [-0.1, -0.05) is 19.9 Å². The lowest BCUT2D eigenvalue weighted by atomic mass is 10.1. The molecule has 1 aliphatic heterocycles. The highest BCUT2D eigenvalue weighted by atomic mass is 32.2. The summed E-state index contributed by atoms with van der Waals surface area (Å²) in [6, 6.07) is 4.55. The molecular formula is C14H23N3S. The molecule has 3 nitrogen and oxygen atoms in total. The van der Waals surface area contributed by atoms with Crippen LogP contribution in [0.2, 0.25) is 0 Å². The third-order valence-corrected chi connectivity index (χ3v) is 4.66. The van der Waals surface area contributed by atoms with E-state index in [2.05, 4.69) is 53.8 Å². The molecule has 100 valence electrons. The molecule has 1 aromatic heterocycles. The topological polar surface area (TPSA) is 28.2 Å². The van der Waals surface area contributed by atoms with Crippen molar-refractivity contribution in [3.8, 4) is 0 Å². The summed E-state index contributed by atoms with van der Waals surface area (Å²) in [6.07, 6.45) is 1.90. The number of hydrogen-bond donors (Lipinski definition) is 1. The lowest BCUT2D eigenvalue weighted by molar-refractivity contribution is 0.637. The zero-order valence-corrected chi connectivity index (χ0v) is 12.5. The molecule has 4 heteroatoms. The summed E-state index contributed by atoms with van der Waals surface area (Å²) in [5.74, 6) is 1.15. The van der Waals surface area contributed by atoms with Crippen molar-refractivity contribution < 1.29 is 0 Å². The molecule has 0 saturated carbocycles. The van der Waals surface area contributed by atoms with E-state index in [0.29, 0.717) is 16.5 Å². The predicted octanol–water partition coefficient (Wildman–Crippen LogP) is 2.69. The average molecular weight is 265 g/mol. The van der Waals surface area contributed by atoms with E-state index in [4.69, 9.17) is 0 Å². The van der Waals surface area contributed by atoms with Crippen LogP contribution in [0.15, 0.2) is 18.3 Å². The van der Waals surface area contributed by atoms with E-state index >= 15 is 0 Å². The van der Waals surface area contributed by atoms with Gasteiger partial charge in [0.1, 0.15) is 5.82 Å². The third-order valence-electron chi connectivity index (χ3n) is 3.44. The third kappa shape index (κ3) is 2.98. The predicted molar refractivity (Wildman–Crippen MR) is 80.4 cm³/mol. The van der Waals surface area contributed by atoms with Gasteiger partial charge in [-0.05, 0) is 20.0 Å². The van der Waals surface area contributed by atoms with E-state index < -0.39 is 0 Å². The van der Waals surface area contributed by atoms with Crippen molar-refractivity contribution in [3.05, 3.63) is 23.9 Å². The van der Waals surface area contributed by atoms with Crippen LogP contribution < -0.4 is 10.2 Å². The van der Waals surface area contributed by atoms with Gasteiger partial charge in [-0.25, -0.2) is 4.98 Å². The van der Waals surface area contributed by atoms with E-state index in [1.54, 1.807) is 0 Å². The smallest absolute Gasteiger partial charge is 0.133 e. The van der Waals surface area contributed by atoms with Crippen molar-refractivity contribution in [2.45, 2.75) is 37.3 Å². The molecule has 0 aromatic carbocycles. The van der Waals surface area contributed by atoms with Crippen molar-refractivity contribution in [2.75, 3.05) is 25.0 Å². The molecule has 1 saturated heterocycles. The molecule has 0 spiro atoms. The van der Waals surface area contributed by atoms with Crippen LogP contribution in [-0.2, 0) is 0 Å². The van der Waals surface area contributed by atoms with Crippen LogP contribution in [0.3, 0.4) is 0 Å². The molecule has 1 fully saturated rings. The Morgan fingerprint density at radius 2 is 2.06 bits per heavy atom. The number of hydrogen-bond acceptors (Lipinski definition) is 4. The molecule has 2 heterocycles. The quantitative estimate of drug-likeness (QED) is 0.909. The maximum absolute atomic E-state index is 4.62. The van der Waals surface area contributed by atoms with Crippen LogP contribution in [0.5, 0.6) is 0 Å². The van der Waals surface area contributed by atoms with Gasteiger partial charge in [0, 0.05) is 41.4 Å². The van der Waals surface area contributed by atoms with E-state index in [0.717, 1.165) is 18.9 Å². The second-order valence-electron chi connectivity index (χ2n) is 5.09. The standard InChI is InChI=1S/C14H23N3S/c1-10-8-17(9-11(2)18-10)14-13(12(3)15-4)6-5-7-16-14/h5-7,10-12,15H,8-9H2,1-4H3. The first-order valence-electron chi connectivity index (χ1n) is 6.64. The molecule has 3 unspecified atom stereocenters. The molecule has 1 N–H and O–H groups in total. The van der Waals surface area contributed by atoms with E-state index in [1.165, 1.54) is 5.56 Å². The molecule has 18 heavy (non-hydrogen) atoms. The van der Waals surface area contributed by atoms with Crippen molar-refractivity contribution in [1.29, 1.82) is 0 Å². The van der Waals surface area contributed by atoms with Crippen LogP contribution >= 0.6 is 11.8 Å². The maximum Gasteiger partial charge on any atom is 0.133 e. The fraction of sp³-hybridized carbons (Fsp3) is 0.643. The van der Waals surface area contributed by atoms with Gasteiger partial charge in [0.05, 0.1) is 0 Å². The second-order valence-corrected chi connectivity index (χ2v) is 6.97. The van der Waals surface area contributed by atoms with Crippen LogP contribution in [-0.4, -0.2) is 35.6 Å². The van der Waals surface area contributed by atoms with Gasteiger partial charge in [-0.3, -0.25) is 0 Å². The Balaban J connectivity index is 2.26. The zero-order valence-electron chi connectivity index (χ0n) is 11.7. The largest absolute Gasteiger partial charge is 0.354 e. The summed E-state index contributed by atoms with van der Waals surface area (Å²) in [5.41, 5.74) is 1.30. The normalized spacial score (nSPS) is 26.1. The fourth-order valence-corrected chi connectivity index (χ4v) is 3.84. The van der Waals surface area contributed by atoms with Gasteiger partial charge in [0.2, 0.25) is 0 Å². The lowest BCUT2D eigenvalue weighted by Gasteiger charge is -2.36. The molecule has 1 aliphatic rings.